The first kappa shape index (κ1) is 15.0. The molecule has 4 nitrogen and oxygen atoms in total. The Bertz CT molecular complexity index is 460. The molecule has 1 aromatic carbocycles. The van der Waals surface area contributed by atoms with Gasteiger partial charge in [-0.05, 0) is 38.1 Å². The first-order valence-electron chi connectivity index (χ1n) is 7.08. The second-order valence-electron chi connectivity index (χ2n) is 5.93. The summed E-state index contributed by atoms with van der Waals surface area (Å²) in [6.45, 7) is 7.04. The van der Waals surface area contributed by atoms with Crippen molar-refractivity contribution >= 4 is 11.5 Å². The fraction of sp³-hybridized carbons (Fsp3) is 0.562. The minimum absolute atomic E-state index is 0.171. The molecule has 0 spiro atoms. The molecular weight excluding hydrogens is 252 g/mol. The first-order valence-corrected chi connectivity index (χ1v) is 7.08. The number of nitrogens with zero attached hydrogens (tertiary/aromatic N) is 2. The maximum Gasteiger partial charge on any atom is 0.182 e. The van der Waals surface area contributed by atoms with E-state index in [0.29, 0.717) is 13.2 Å². The number of benzene rings is 1. The number of rotatable bonds is 4. The summed E-state index contributed by atoms with van der Waals surface area (Å²) in [5.74, 6) is 0.171. The second-order valence-corrected chi connectivity index (χ2v) is 5.93. The molecule has 4 heteroatoms. The quantitative estimate of drug-likeness (QED) is 0.788. The highest BCUT2D eigenvalue weighted by molar-refractivity contribution is 6.02. The summed E-state index contributed by atoms with van der Waals surface area (Å²) < 4.78 is 5.36. The number of ketones is 1. The van der Waals surface area contributed by atoms with Crippen molar-refractivity contribution in [2.45, 2.75) is 19.4 Å². The molecule has 0 atom stereocenters. The van der Waals surface area contributed by atoms with Gasteiger partial charge in [0.15, 0.2) is 5.78 Å². The zero-order valence-corrected chi connectivity index (χ0v) is 12.8. The van der Waals surface area contributed by atoms with E-state index in [1.807, 2.05) is 57.1 Å². The summed E-state index contributed by atoms with van der Waals surface area (Å²) in [5.41, 5.74) is 1.39. The number of morpholine rings is 1. The molecule has 110 valence electrons. The summed E-state index contributed by atoms with van der Waals surface area (Å²) >= 11 is 0. The van der Waals surface area contributed by atoms with Crippen LogP contribution in [0.4, 0.5) is 5.69 Å². The van der Waals surface area contributed by atoms with Crippen molar-refractivity contribution in [3.05, 3.63) is 29.8 Å². The smallest absolute Gasteiger partial charge is 0.182 e. The van der Waals surface area contributed by atoms with Crippen molar-refractivity contribution in [1.82, 2.24) is 4.90 Å². The van der Waals surface area contributed by atoms with E-state index in [9.17, 15) is 4.79 Å². The third kappa shape index (κ3) is 3.02. The Morgan fingerprint density at radius 3 is 2.20 bits per heavy atom. The van der Waals surface area contributed by atoms with Crippen LogP contribution in [0.3, 0.4) is 0 Å². The van der Waals surface area contributed by atoms with Crippen molar-refractivity contribution in [3.63, 3.8) is 0 Å². The van der Waals surface area contributed by atoms with Crippen molar-refractivity contribution in [2.75, 3.05) is 45.3 Å². The van der Waals surface area contributed by atoms with E-state index in [1.54, 1.807) is 0 Å². The van der Waals surface area contributed by atoms with E-state index in [4.69, 9.17) is 4.74 Å². The van der Waals surface area contributed by atoms with Crippen LogP contribution < -0.4 is 4.90 Å². The molecule has 0 aliphatic carbocycles. The molecule has 1 aliphatic rings. The normalized spacial score (nSPS) is 17.0. The molecule has 20 heavy (non-hydrogen) atoms. The lowest BCUT2D eigenvalue weighted by molar-refractivity contribution is -0.00429. The van der Waals surface area contributed by atoms with Gasteiger partial charge in [0.2, 0.25) is 0 Å². The Morgan fingerprint density at radius 1 is 1.15 bits per heavy atom. The summed E-state index contributed by atoms with van der Waals surface area (Å²) in [6.07, 6.45) is 0. The van der Waals surface area contributed by atoms with Crippen LogP contribution in [0.1, 0.15) is 24.2 Å². The molecule has 1 saturated heterocycles. The SMILES string of the molecule is CN(C)c1ccc(C(=O)C(C)(C)N2CCOCC2)cc1. The van der Waals surface area contributed by atoms with Crippen molar-refractivity contribution in [1.29, 1.82) is 0 Å². The minimum atomic E-state index is -0.483. The number of anilines is 1. The van der Waals surface area contributed by atoms with Crippen LogP contribution in [0, 0.1) is 0 Å². The Labute approximate surface area is 121 Å². The summed E-state index contributed by atoms with van der Waals surface area (Å²) in [7, 11) is 3.99. The molecule has 0 saturated carbocycles. The molecule has 0 aromatic heterocycles. The van der Waals surface area contributed by atoms with Gasteiger partial charge < -0.3 is 9.64 Å². The van der Waals surface area contributed by atoms with Gasteiger partial charge in [-0.25, -0.2) is 0 Å². The van der Waals surface area contributed by atoms with E-state index in [0.717, 1.165) is 24.3 Å². The van der Waals surface area contributed by atoms with Gasteiger partial charge >= 0.3 is 0 Å². The summed E-state index contributed by atoms with van der Waals surface area (Å²) in [4.78, 5) is 17.0. The van der Waals surface area contributed by atoms with Gasteiger partial charge in [-0.1, -0.05) is 0 Å². The molecular formula is C16H24N2O2. The van der Waals surface area contributed by atoms with Crippen molar-refractivity contribution in [3.8, 4) is 0 Å². The largest absolute Gasteiger partial charge is 0.379 e. The van der Waals surface area contributed by atoms with E-state index in [1.165, 1.54) is 0 Å². The van der Waals surface area contributed by atoms with Crippen molar-refractivity contribution < 1.29 is 9.53 Å². The van der Waals surface area contributed by atoms with Crippen LogP contribution in [-0.4, -0.2) is 56.6 Å². The van der Waals surface area contributed by atoms with Crippen molar-refractivity contribution in [2.24, 2.45) is 0 Å². The standard InChI is InChI=1S/C16H24N2O2/c1-16(2,18-9-11-20-12-10-18)15(19)13-5-7-14(8-6-13)17(3)4/h5-8H,9-12H2,1-4H3. The van der Waals surface area contributed by atoms with E-state index in [2.05, 4.69) is 4.90 Å². The van der Waals surface area contributed by atoms with Gasteiger partial charge in [0, 0.05) is 38.4 Å². The molecule has 0 amide bonds. The van der Waals surface area contributed by atoms with Crippen LogP contribution in [0.25, 0.3) is 0 Å². The van der Waals surface area contributed by atoms with Gasteiger partial charge in [0.1, 0.15) is 0 Å². The third-order valence-corrected chi connectivity index (χ3v) is 4.00. The molecule has 0 unspecified atom stereocenters. The van der Waals surface area contributed by atoms with Crippen LogP contribution in [0.2, 0.25) is 0 Å². The lowest BCUT2D eigenvalue weighted by atomic mass is 9.90. The highest BCUT2D eigenvalue weighted by atomic mass is 16.5. The topological polar surface area (TPSA) is 32.8 Å². The molecule has 0 N–H and O–H groups in total. The van der Waals surface area contributed by atoms with Gasteiger partial charge in [-0.2, -0.15) is 0 Å². The monoisotopic (exact) mass is 276 g/mol. The molecule has 0 bridgehead atoms. The summed E-state index contributed by atoms with van der Waals surface area (Å²) in [5, 5.41) is 0. The van der Waals surface area contributed by atoms with E-state index < -0.39 is 5.54 Å². The zero-order valence-electron chi connectivity index (χ0n) is 12.8. The average Bonchev–Trinajstić information content (AvgIpc) is 2.47. The Balaban J connectivity index is 2.16. The predicted octanol–water partition coefficient (Wildman–Crippen LogP) is 2.05. The summed E-state index contributed by atoms with van der Waals surface area (Å²) in [6, 6.07) is 7.81. The van der Waals surface area contributed by atoms with Gasteiger partial charge in [0.05, 0.1) is 18.8 Å². The van der Waals surface area contributed by atoms with E-state index >= 15 is 0 Å². The van der Waals surface area contributed by atoms with Gasteiger partial charge in [-0.15, -0.1) is 0 Å². The Hall–Kier alpha value is -1.39. The molecule has 1 aliphatic heterocycles. The van der Waals surface area contributed by atoms with Crippen LogP contribution in [0.5, 0.6) is 0 Å². The zero-order chi connectivity index (χ0) is 14.8. The molecule has 1 heterocycles. The molecule has 1 fully saturated rings. The first-order chi connectivity index (χ1) is 9.43. The fourth-order valence-electron chi connectivity index (χ4n) is 2.53. The number of carbonyl (C=O) groups excluding carboxylic acids is 1. The lowest BCUT2D eigenvalue weighted by Crippen LogP contribution is -2.54. The maximum absolute atomic E-state index is 12.8. The number of Topliss-reactive ketones (excluding diaryl/α,β-unsaturated/α-hetero) is 1. The second kappa shape index (κ2) is 5.94. The molecule has 1 aromatic rings. The van der Waals surface area contributed by atoms with E-state index in [-0.39, 0.29) is 5.78 Å². The van der Waals surface area contributed by atoms with Crippen LogP contribution >= 0.6 is 0 Å². The molecule has 2 rings (SSSR count). The minimum Gasteiger partial charge on any atom is -0.379 e. The number of hydrogen-bond donors (Lipinski definition) is 0. The van der Waals surface area contributed by atoms with Crippen LogP contribution in [-0.2, 0) is 4.74 Å². The average molecular weight is 276 g/mol. The number of ether oxygens (including phenoxy) is 1. The molecule has 0 radical (unpaired) electrons. The number of carbonyl (C=O) groups is 1. The lowest BCUT2D eigenvalue weighted by Gasteiger charge is -2.39. The highest BCUT2D eigenvalue weighted by Gasteiger charge is 2.35. The third-order valence-electron chi connectivity index (χ3n) is 4.00. The van der Waals surface area contributed by atoms with Gasteiger partial charge in [0.25, 0.3) is 0 Å². The Kier molecular flexibility index (Phi) is 4.45. The number of hydrogen-bond acceptors (Lipinski definition) is 4. The predicted molar refractivity (Wildman–Crippen MR) is 81.6 cm³/mol. The van der Waals surface area contributed by atoms with Gasteiger partial charge in [-0.3, -0.25) is 9.69 Å². The van der Waals surface area contributed by atoms with Crippen LogP contribution in [0.15, 0.2) is 24.3 Å². The fourth-order valence-corrected chi connectivity index (χ4v) is 2.53. The highest BCUT2D eigenvalue weighted by Crippen LogP contribution is 2.23. The maximum atomic E-state index is 12.8. The Morgan fingerprint density at radius 2 is 1.70 bits per heavy atom.